The zero-order chi connectivity index (χ0) is 9.71. The monoisotopic (exact) mass is 208 g/mol. The Hall–Kier alpha value is -1.16. The first-order valence-corrected chi connectivity index (χ1v) is 4.99. The average molecular weight is 209 g/mol. The fraction of sp³-hybridized carbons (Fsp3) is 0.444. The van der Waals surface area contributed by atoms with Crippen molar-refractivity contribution in [2.24, 2.45) is 7.05 Å². The van der Waals surface area contributed by atoms with Crippen LogP contribution in [0.15, 0.2) is 6.07 Å². The maximum Gasteiger partial charge on any atom is 0.182 e. The summed E-state index contributed by atoms with van der Waals surface area (Å²) < 4.78 is 2.01. The minimum absolute atomic E-state index is 0.401. The van der Waals surface area contributed by atoms with E-state index in [0.29, 0.717) is 11.1 Å². The van der Waals surface area contributed by atoms with Crippen LogP contribution in [0.3, 0.4) is 0 Å². The molecule has 1 saturated carbocycles. The minimum atomic E-state index is 0.401. The normalized spacial score (nSPS) is 16.4. The van der Waals surface area contributed by atoms with E-state index in [4.69, 9.17) is 11.6 Å². The molecule has 72 valence electrons. The number of imidazole rings is 1. The summed E-state index contributed by atoms with van der Waals surface area (Å²) in [6.07, 6.45) is 2.47. The molecule has 0 unspecified atom stereocenters. The highest BCUT2D eigenvalue weighted by atomic mass is 35.5. The molecule has 0 bridgehead atoms. The molecule has 1 aliphatic rings. The van der Waals surface area contributed by atoms with Gasteiger partial charge in [-0.05, 0) is 12.8 Å². The summed E-state index contributed by atoms with van der Waals surface area (Å²) in [6.45, 7) is 0. The van der Waals surface area contributed by atoms with Gasteiger partial charge < -0.3 is 4.57 Å². The third-order valence-corrected chi connectivity index (χ3v) is 2.75. The first-order chi connectivity index (χ1) is 6.75. The third kappa shape index (κ3) is 1.10. The van der Waals surface area contributed by atoms with Crippen LogP contribution in [0.4, 0.5) is 0 Å². The van der Waals surface area contributed by atoms with Gasteiger partial charge in [0, 0.05) is 19.0 Å². The zero-order valence-corrected chi connectivity index (χ0v) is 8.49. The number of nitrogens with zero attached hydrogens (tertiary/aromatic N) is 4. The summed E-state index contributed by atoms with van der Waals surface area (Å²) in [6, 6.07) is 1.76. The van der Waals surface area contributed by atoms with Gasteiger partial charge in [-0.1, -0.05) is 11.6 Å². The van der Waals surface area contributed by atoms with Crippen LogP contribution in [0, 0.1) is 0 Å². The largest absolute Gasteiger partial charge is 0.314 e. The molecule has 0 N–H and O–H groups in total. The van der Waals surface area contributed by atoms with Crippen molar-refractivity contribution < 1.29 is 0 Å². The maximum atomic E-state index is 5.75. The quantitative estimate of drug-likeness (QED) is 0.719. The third-order valence-electron chi connectivity index (χ3n) is 2.56. The molecule has 0 spiro atoms. The zero-order valence-electron chi connectivity index (χ0n) is 7.74. The van der Waals surface area contributed by atoms with E-state index in [1.54, 1.807) is 6.07 Å². The van der Waals surface area contributed by atoms with Crippen molar-refractivity contribution in [3.8, 4) is 0 Å². The van der Waals surface area contributed by atoms with E-state index >= 15 is 0 Å². The minimum Gasteiger partial charge on any atom is -0.314 e. The van der Waals surface area contributed by atoms with Gasteiger partial charge in [0.15, 0.2) is 10.8 Å². The molecule has 2 aromatic heterocycles. The summed E-state index contributed by atoms with van der Waals surface area (Å²) in [5.74, 6) is 1.73. The Labute approximate surface area is 85.9 Å². The molecular formula is C9H9ClN4. The molecule has 0 aliphatic heterocycles. The number of hydrogen-bond acceptors (Lipinski definition) is 3. The Balaban J connectivity index is 2.28. The van der Waals surface area contributed by atoms with Crippen LogP contribution in [0.1, 0.15) is 24.6 Å². The molecule has 0 aromatic carbocycles. The molecule has 0 radical (unpaired) electrons. The lowest BCUT2D eigenvalue weighted by Crippen LogP contribution is -1.96. The van der Waals surface area contributed by atoms with E-state index < -0.39 is 0 Å². The predicted molar refractivity (Wildman–Crippen MR) is 53.3 cm³/mol. The van der Waals surface area contributed by atoms with Gasteiger partial charge >= 0.3 is 0 Å². The summed E-state index contributed by atoms with van der Waals surface area (Å²) in [4.78, 5) is 4.51. The van der Waals surface area contributed by atoms with Crippen LogP contribution in [-0.4, -0.2) is 19.7 Å². The molecular weight excluding hydrogens is 200 g/mol. The second kappa shape index (κ2) is 2.67. The molecule has 5 heteroatoms. The van der Waals surface area contributed by atoms with Crippen molar-refractivity contribution >= 4 is 22.8 Å². The highest BCUT2D eigenvalue weighted by molar-refractivity contribution is 6.29. The molecule has 1 fully saturated rings. The van der Waals surface area contributed by atoms with Crippen LogP contribution in [-0.2, 0) is 7.05 Å². The molecule has 14 heavy (non-hydrogen) atoms. The lowest BCUT2D eigenvalue weighted by atomic mass is 10.4. The molecule has 0 saturated heterocycles. The van der Waals surface area contributed by atoms with Crippen LogP contribution >= 0.6 is 11.6 Å². The van der Waals surface area contributed by atoms with E-state index in [9.17, 15) is 0 Å². The summed E-state index contributed by atoms with van der Waals surface area (Å²) >= 11 is 5.75. The fourth-order valence-corrected chi connectivity index (χ4v) is 1.83. The molecule has 3 rings (SSSR count). The lowest BCUT2D eigenvalue weighted by Gasteiger charge is -1.96. The van der Waals surface area contributed by atoms with E-state index in [1.165, 1.54) is 12.8 Å². The van der Waals surface area contributed by atoms with Gasteiger partial charge in [0.1, 0.15) is 11.3 Å². The van der Waals surface area contributed by atoms with Gasteiger partial charge in [-0.25, -0.2) is 4.98 Å². The SMILES string of the molecule is Cn1c(C2CC2)nc2cc(Cl)nnc21. The molecule has 4 nitrogen and oxygen atoms in total. The van der Waals surface area contributed by atoms with Crippen molar-refractivity contribution in [1.82, 2.24) is 19.7 Å². The fourth-order valence-electron chi connectivity index (χ4n) is 1.69. The topological polar surface area (TPSA) is 43.6 Å². The van der Waals surface area contributed by atoms with Gasteiger partial charge in [0.2, 0.25) is 0 Å². The Morgan fingerprint density at radius 2 is 2.21 bits per heavy atom. The van der Waals surface area contributed by atoms with Crippen molar-refractivity contribution in [1.29, 1.82) is 0 Å². The maximum absolute atomic E-state index is 5.75. The predicted octanol–water partition coefficient (Wildman–Crippen LogP) is 1.89. The molecule has 1 aliphatic carbocycles. The summed E-state index contributed by atoms with van der Waals surface area (Å²) in [7, 11) is 1.98. The number of aromatic nitrogens is 4. The molecule has 2 aromatic rings. The second-order valence-corrected chi connectivity index (χ2v) is 4.07. The lowest BCUT2D eigenvalue weighted by molar-refractivity contribution is 0.805. The number of fused-ring (bicyclic) bond motifs is 1. The molecule has 0 atom stereocenters. The van der Waals surface area contributed by atoms with Crippen molar-refractivity contribution in [3.05, 3.63) is 17.0 Å². The van der Waals surface area contributed by atoms with Gasteiger partial charge in [-0.15, -0.1) is 10.2 Å². The number of rotatable bonds is 1. The molecule has 0 amide bonds. The Bertz CT molecular complexity index is 501. The van der Waals surface area contributed by atoms with Crippen LogP contribution in [0.2, 0.25) is 5.15 Å². The van der Waals surface area contributed by atoms with Gasteiger partial charge in [0.25, 0.3) is 0 Å². The first-order valence-electron chi connectivity index (χ1n) is 4.61. The van der Waals surface area contributed by atoms with Crippen molar-refractivity contribution in [2.45, 2.75) is 18.8 Å². The summed E-state index contributed by atoms with van der Waals surface area (Å²) in [5.41, 5.74) is 1.66. The first kappa shape index (κ1) is 8.17. The van der Waals surface area contributed by atoms with Crippen LogP contribution in [0.5, 0.6) is 0 Å². The van der Waals surface area contributed by atoms with Gasteiger partial charge in [0.05, 0.1) is 0 Å². The van der Waals surface area contributed by atoms with E-state index in [2.05, 4.69) is 15.2 Å². The van der Waals surface area contributed by atoms with Crippen LogP contribution < -0.4 is 0 Å². The van der Waals surface area contributed by atoms with Gasteiger partial charge in [-0.3, -0.25) is 0 Å². The van der Waals surface area contributed by atoms with E-state index in [1.807, 2.05) is 11.6 Å². The van der Waals surface area contributed by atoms with E-state index in [0.717, 1.165) is 17.0 Å². The highest BCUT2D eigenvalue weighted by Crippen LogP contribution is 2.39. The van der Waals surface area contributed by atoms with E-state index in [-0.39, 0.29) is 0 Å². The Morgan fingerprint density at radius 1 is 1.43 bits per heavy atom. The van der Waals surface area contributed by atoms with Crippen LogP contribution in [0.25, 0.3) is 11.2 Å². The number of aryl methyl sites for hydroxylation is 1. The average Bonchev–Trinajstić information content (AvgIpc) is 2.93. The molecule has 2 heterocycles. The highest BCUT2D eigenvalue weighted by Gasteiger charge is 2.28. The summed E-state index contributed by atoms with van der Waals surface area (Å²) in [5, 5.41) is 8.25. The Kier molecular flexibility index (Phi) is 1.56. The second-order valence-electron chi connectivity index (χ2n) is 3.68. The van der Waals surface area contributed by atoms with Gasteiger partial charge in [-0.2, -0.15) is 0 Å². The number of hydrogen-bond donors (Lipinski definition) is 0. The Morgan fingerprint density at radius 3 is 2.93 bits per heavy atom. The van der Waals surface area contributed by atoms with Crippen molar-refractivity contribution in [3.63, 3.8) is 0 Å². The van der Waals surface area contributed by atoms with Crippen molar-refractivity contribution in [2.75, 3.05) is 0 Å². The standard InChI is InChI=1S/C9H9ClN4/c1-14-8(5-2-3-5)11-6-4-7(10)12-13-9(6)14/h4-5H,2-3H2,1H3. The number of halogens is 1. The smallest absolute Gasteiger partial charge is 0.182 e.